The predicted octanol–water partition coefficient (Wildman–Crippen LogP) is 9.17. The minimum atomic E-state index is -5.13. The molecule has 354 valence electrons. The maximum Gasteiger partial charge on any atom is 0.472 e. The first-order valence-corrected chi connectivity index (χ1v) is 24.9. The third-order valence-corrected chi connectivity index (χ3v) is 11.6. The molecule has 6 N–H and O–H groups in total. The van der Waals surface area contributed by atoms with Gasteiger partial charge in [0.15, 0.2) is 6.10 Å². The highest BCUT2D eigenvalue weighted by Gasteiger charge is 2.51. The smallest absolute Gasteiger partial charge is 0.462 e. The zero-order valence-electron chi connectivity index (χ0n) is 37.4. The van der Waals surface area contributed by atoms with Gasteiger partial charge in [0.25, 0.3) is 0 Å². The summed E-state index contributed by atoms with van der Waals surface area (Å²) in [6, 6.07) is 0. The van der Waals surface area contributed by atoms with Crippen molar-refractivity contribution in [2.75, 3.05) is 13.2 Å². The fraction of sp³-hybridized carbons (Fsp3) is 0.787. The van der Waals surface area contributed by atoms with Gasteiger partial charge >= 0.3 is 19.8 Å². The molecule has 1 saturated carbocycles. The van der Waals surface area contributed by atoms with Crippen LogP contribution in [0.3, 0.4) is 0 Å². The fourth-order valence-electron chi connectivity index (χ4n) is 6.82. The van der Waals surface area contributed by atoms with Crippen LogP contribution in [0, 0.1) is 0 Å². The summed E-state index contributed by atoms with van der Waals surface area (Å²) in [4.78, 5) is 35.7. The maximum absolute atomic E-state index is 12.8. The second-order valence-corrected chi connectivity index (χ2v) is 17.7. The highest BCUT2D eigenvalue weighted by atomic mass is 31.2. The van der Waals surface area contributed by atoms with E-state index in [1.807, 2.05) is 0 Å². The largest absolute Gasteiger partial charge is 0.472 e. The summed E-state index contributed by atoms with van der Waals surface area (Å²) < 4.78 is 33.5. The molecule has 6 unspecified atom stereocenters. The minimum Gasteiger partial charge on any atom is -0.462 e. The van der Waals surface area contributed by atoms with Crippen LogP contribution in [0.1, 0.15) is 181 Å². The number of hydrogen-bond donors (Lipinski definition) is 6. The molecule has 8 atom stereocenters. The van der Waals surface area contributed by atoms with Gasteiger partial charge in [-0.05, 0) is 77.0 Å². The Morgan fingerprint density at radius 2 is 0.885 bits per heavy atom. The summed E-state index contributed by atoms with van der Waals surface area (Å²) in [5, 5.41) is 50.1. The SMILES string of the molecule is CCCCC/C=C/C/C=C/C/C=C/CCCCCCC(=O)OC[C@@H](COP(=O)(O)OC1C(O)C(O)C(O)[C@H](O)C1O)OC(=O)CCCCC/C=C/CCCCCCCCCC. The summed E-state index contributed by atoms with van der Waals surface area (Å²) in [7, 11) is -5.13. The molecule has 1 aliphatic rings. The number of aliphatic hydroxyl groups is 5. The number of allylic oxidation sites excluding steroid dienone is 8. The maximum atomic E-state index is 12.8. The number of esters is 2. The lowest BCUT2D eigenvalue weighted by atomic mass is 9.85. The van der Waals surface area contributed by atoms with Gasteiger partial charge in [-0.25, -0.2) is 4.57 Å². The monoisotopic (exact) mass is 887 g/mol. The number of ether oxygens (including phenoxy) is 2. The Hall–Kier alpha value is -2.19. The first kappa shape index (κ1) is 56.8. The molecule has 0 radical (unpaired) electrons. The van der Waals surface area contributed by atoms with E-state index in [2.05, 4.69) is 62.5 Å². The predicted molar refractivity (Wildman–Crippen MR) is 239 cm³/mol. The van der Waals surface area contributed by atoms with Crippen molar-refractivity contribution in [2.24, 2.45) is 0 Å². The lowest BCUT2D eigenvalue weighted by Gasteiger charge is -2.41. The van der Waals surface area contributed by atoms with Crippen LogP contribution < -0.4 is 0 Å². The van der Waals surface area contributed by atoms with Gasteiger partial charge < -0.3 is 39.9 Å². The number of hydrogen-bond acceptors (Lipinski definition) is 12. The minimum absolute atomic E-state index is 0.0704. The van der Waals surface area contributed by atoms with E-state index in [4.69, 9.17) is 18.5 Å². The molecule has 13 nitrogen and oxygen atoms in total. The lowest BCUT2D eigenvalue weighted by Crippen LogP contribution is -2.64. The standard InChI is InChI=1S/C47H83O13P/c1-3-5-7-9-11-13-15-17-19-20-22-23-25-27-29-31-33-35-40(48)57-37-39(38-58-61(55,56)60-47-45(53)43(51)42(50)44(52)46(47)54)59-41(49)36-34-32-30-28-26-24-21-18-16-14-12-10-8-6-4-2/h11,13,17,19,22-24,26,39,42-47,50-54H,3-10,12,14-16,18,20-21,25,27-38H2,1-2H3,(H,55,56)/b13-11+,19-17+,23-22+,26-24+/t39-,42?,43-,44?,45?,46?,47?/m0/s1. The van der Waals surface area contributed by atoms with Gasteiger partial charge in [0, 0.05) is 12.8 Å². The first-order valence-electron chi connectivity index (χ1n) is 23.4. The van der Waals surface area contributed by atoms with E-state index in [1.54, 1.807) is 0 Å². The van der Waals surface area contributed by atoms with E-state index in [-0.39, 0.29) is 12.8 Å². The molecule has 0 bridgehead atoms. The Bertz CT molecular complexity index is 1250. The second kappa shape index (κ2) is 37.2. The molecular formula is C47H83O13P. The number of rotatable bonds is 38. The van der Waals surface area contributed by atoms with Crippen LogP contribution in [0.15, 0.2) is 48.6 Å². The normalized spacial score (nSPS) is 22.4. The average molecular weight is 887 g/mol. The molecule has 0 heterocycles. The molecule has 0 aromatic carbocycles. The van der Waals surface area contributed by atoms with Gasteiger partial charge in [-0.1, -0.05) is 140 Å². The average Bonchev–Trinajstić information content (AvgIpc) is 3.24. The van der Waals surface area contributed by atoms with Crippen LogP contribution >= 0.6 is 7.82 Å². The van der Waals surface area contributed by atoms with Gasteiger partial charge in [-0.3, -0.25) is 18.6 Å². The van der Waals surface area contributed by atoms with Crippen molar-refractivity contribution in [3.63, 3.8) is 0 Å². The van der Waals surface area contributed by atoms with Crippen molar-refractivity contribution >= 4 is 19.8 Å². The number of carbonyl (C=O) groups is 2. The van der Waals surface area contributed by atoms with Crippen LogP contribution in [-0.4, -0.2) is 98.3 Å². The molecule has 0 aromatic heterocycles. The number of phosphoric acid groups is 1. The topological polar surface area (TPSA) is 210 Å². The third kappa shape index (κ3) is 29.7. The molecule has 0 aliphatic heterocycles. The van der Waals surface area contributed by atoms with E-state index in [0.717, 1.165) is 70.6 Å². The van der Waals surface area contributed by atoms with E-state index >= 15 is 0 Å². The van der Waals surface area contributed by atoms with Gasteiger partial charge in [0.2, 0.25) is 0 Å². The Morgan fingerprint density at radius 3 is 1.41 bits per heavy atom. The molecule has 0 aromatic rings. The quantitative estimate of drug-likeness (QED) is 0.0148. The molecular weight excluding hydrogens is 803 g/mol. The summed E-state index contributed by atoms with van der Waals surface area (Å²) in [5.41, 5.74) is 0. The molecule has 0 saturated heterocycles. The summed E-state index contributed by atoms with van der Waals surface area (Å²) >= 11 is 0. The molecule has 61 heavy (non-hydrogen) atoms. The van der Waals surface area contributed by atoms with Gasteiger partial charge in [-0.15, -0.1) is 0 Å². The molecule has 0 amide bonds. The highest BCUT2D eigenvalue weighted by molar-refractivity contribution is 7.47. The van der Waals surface area contributed by atoms with Crippen LogP contribution in [0.2, 0.25) is 0 Å². The van der Waals surface area contributed by atoms with Crippen LogP contribution in [-0.2, 0) is 32.7 Å². The molecule has 0 spiro atoms. The van der Waals surface area contributed by atoms with E-state index in [1.165, 1.54) is 70.6 Å². The highest BCUT2D eigenvalue weighted by Crippen LogP contribution is 2.47. The van der Waals surface area contributed by atoms with Crippen molar-refractivity contribution in [1.82, 2.24) is 0 Å². The summed E-state index contributed by atoms with van der Waals surface area (Å²) in [6.45, 7) is 3.23. The van der Waals surface area contributed by atoms with Crippen LogP contribution in [0.5, 0.6) is 0 Å². The zero-order chi connectivity index (χ0) is 45.0. The van der Waals surface area contributed by atoms with E-state index in [9.17, 15) is 44.6 Å². The van der Waals surface area contributed by atoms with Crippen LogP contribution in [0.25, 0.3) is 0 Å². The summed E-state index contributed by atoms with van der Waals surface area (Å²) in [5.74, 6) is -1.14. The molecule has 1 fully saturated rings. The van der Waals surface area contributed by atoms with Gasteiger partial charge in [-0.2, -0.15) is 0 Å². The fourth-order valence-corrected chi connectivity index (χ4v) is 7.79. The second-order valence-electron chi connectivity index (χ2n) is 16.3. The van der Waals surface area contributed by atoms with Crippen LogP contribution in [0.4, 0.5) is 0 Å². The third-order valence-electron chi connectivity index (χ3n) is 10.6. The Labute approximate surface area is 367 Å². The number of carbonyl (C=O) groups excluding carboxylic acids is 2. The lowest BCUT2D eigenvalue weighted by molar-refractivity contribution is -0.220. The van der Waals surface area contributed by atoms with Crippen molar-refractivity contribution in [2.45, 2.75) is 224 Å². The first-order chi connectivity index (χ1) is 29.4. The number of phosphoric ester groups is 1. The molecule has 14 heteroatoms. The zero-order valence-corrected chi connectivity index (χ0v) is 38.3. The number of aliphatic hydroxyl groups excluding tert-OH is 5. The van der Waals surface area contributed by atoms with E-state index < -0.39 is 75.7 Å². The molecule has 1 aliphatic carbocycles. The Morgan fingerprint density at radius 1 is 0.508 bits per heavy atom. The van der Waals surface area contributed by atoms with Gasteiger partial charge in [0.1, 0.15) is 43.2 Å². The van der Waals surface area contributed by atoms with Crippen molar-refractivity contribution in [3.05, 3.63) is 48.6 Å². The van der Waals surface area contributed by atoms with E-state index in [0.29, 0.717) is 12.8 Å². The number of unbranched alkanes of at least 4 members (excludes halogenated alkanes) is 18. The van der Waals surface area contributed by atoms with Crippen molar-refractivity contribution in [1.29, 1.82) is 0 Å². The Balaban J connectivity index is 2.49. The Kier molecular flexibility index (Phi) is 34.7. The van der Waals surface area contributed by atoms with Crippen molar-refractivity contribution in [3.8, 4) is 0 Å². The van der Waals surface area contributed by atoms with Crippen molar-refractivity contribution < 1.29 is 63.1 Å². The molecule has 1 rings (SSSR count). The van der Waals surface area contributed by atoms with Gasteiger partial charge in [0.05, 0.1) is 6.61 Å². The summed E-state index contributed by atoms with van der Waals surface area (Å²) in [6.07, 6.45) is 30.2.